The highest BCUT2D eigenvalue weighted by Gasteiger charge is 2.18. The molecular formula is C40H30N2O7. The van der Waals surface area contributed by atoms with Crippen molar-refractivity contribution in [3.8, 4) is 33.8 Å². The first-order valence-corrected chi connectivity index (χ1v) is 15.3. The third-order valence-corrected chi connectivity index (χ3v) is 7.67. The Morgan fingerprint density at radius 2 is 1.02 bits per heavy atom. The number of anilines is 2. The summed E-state index contributed by atoms with van der Waals surface area (Å²) >= 11 is 0. The molecule has 0 saturated heterocycles. The molecule has 0 spiro atoms. The third-order valence-electron chi connectivity index (χ3n) is 7.67. The first kappa shape index (κ1) is 32.2. The van der Waals surface area contributed by atoms with Gasteiger partial charge >= 0.3 is 11.9 Å². The number of ether oxygens (including phenoxy) is 1. The second-order valence-corrected chi connectivity index (χ2v) is 11.0. The maximum Gasteiger partial charge on any atom is 0.336 e. The fourth-order valence-corrected chi connectivity index (χ4v) is 5.17. The highest BCUT2D eigenvalue weighted by Crippen LogP contribution is 2.27. The fourth-order valence-electron chi connectivity index (χ4n) is 5.17. The molecule has 9 nitrogen and oxygen atoms in total. The van der Waals surface area contributed by atoms with Crippen LogP contribution >= 0.6 is 0 Å². The molecule has 49 heavy (non-hydrogen) atoms. The van der Waals surface area contributed by atoms with Crippen molar-refractivity contribution in [3.63, 3.8) is 0 Å². The van der Waals surface area contributed by atoms with Crippen LogP contribution in [0.15, 0.2) is 146 Å². The summed E-state index contributed by atoms with van der Waals surface area (Å²) in [5.74, 6) is -1.69. The van der Waals surface area contributed by atoms with E-state index in [9.17, 15) is 24.6 Å². The summed E-state index contributed by atoms with van der Waals surface area (Å²) < 4.78 is 5.92. The lowest BCUT2D eigenvalue weighted by atomic mass is 9.98. The number of benzene rings is 6. The summed E-state index contributed by atoms with van der Waals surface area (Å²) in [7, 11) is 0. The molecule has 0 aliphatic carbocycles. The van der Waals surface area contributed by atoms with Crippen LogP contribution in [0.4, 0.5) is 11.4 Å². The van der Waals surface area contributed by atoms with Crippen LogP contribution in [0.5, 0.6) is 11.5 Å². The molecule has 0 heterocycles. The lowest BCUT2D eigenvalue weighted by Crippen LogP contribution is -2.16. The smallest absolute Gasteiger partial charge is 0.336 e. The van der Waals surface area contributed by atoms with E-state index in [-0.39, 0.29) is 23.3 Å². The van der Waals surface area contributed by atoms with Gasteiger partial charge in [-0.05, 0) is 94.5 Å². The molecule has 1 amide bonds. The molecule has 6 aromatic rings. The highest BCUT2D eigenvalue weighted by molar-refractivity contribution is 6.11. The number of nitrogens with one attached hydrogen (secondary N) is 2. The Bertz CT molecular complexity index is 2100. The number of rotatable bonds is 12. The average molecular weight is 651 g/mol. The van der Waals surface area contributed by atoms with Gasteiger partial charge in [0, 0.05) is 5.69 Å². The van der Waals surface area contributed by atoms with E-state index >= 15 is 0 Å². The van der Waals surface area contributed by atoms with E-state index in [4.69, 9.17) is 9.57 Å². The third kappa shape index (κ3) is 7.99. The molecule has 0 aliphatic rings. The minimum absolute atomic E-state index is 0.0362. The van der Waals surface area contributed by atoms with E-state index in [1.165, 1.54) is 12.1 Å². The van der Waals surface area contributed by atoms with Crippen LogP contribution < -0.4 is 15.5 Å². The number of carbonyl (C=O) groups excluding carboxylic acids is 1. The van der Waals surface area contributed by atoms with E-state index in [0.717, 1.165) is 16.7 Å². The van der Waals surface area contributed by atoms with Gasteiger partial charge in [-0.15, -0.1) is 0 Å². The molecule has 4 N–H and O–H groups in total. The second kappa shape index (κ2) is 14.8. The van der Waals surface area contributed by atoms with Crippen LogP contribution in [0, 0.1) is 0 Å². The Morgan fingerprint density at radius 3 is 1.57 bits per heavy atom. The van der Waals surface area contributed by atoms with Crippen LogP contribution in [0.2, 0.25) is 0 Å². The highest BCUT2D eigenvalue weighted by atomic mass is 16.6. The number of aromatic carboxylic acids is 2. The van der Waals surface area contributed by atoms with Crippen LogP contribution in [-0.4, -0.2) is 28.1 Å². The van der Waals surface area contributed by atoms with Gasteiger partial charge in [0.05, 0.1) is 22.4 Å². The second-order valence-electron chi connectivity index (χ2n) is 11.0. The number of hydrogen-bond donors (Lipinski definition) is 4. The Hall–Kier alpha value is -6.71. The number of carboxylic acids is 2. The monoisotopic (exact) mass is 650 g/mol. The molecular weight excluding hydrogens is 620 g/mol. The van der Waals surface area contributed by atoms with E-state index in [0.29, 0.717) is 34.0 Å². The largest absolute Gasteiger partial charge is 0.478 e. The van der Waals surface area contributed by atoms with Crippen molar-refractivity contribution in [3.05, 3.63) is 168 Å². The van der Waals surface area contributed by atoms with Gasteiger partial charge in [0.15, 0.2) is 0 Å². The summed E-state index contributed by atoms with van der Waals surface area (Å²) in [4.78, 5) is 42.5. The topological polar surface area (TPSA) is 134 Å². The Kier molecular flexibility index (Phi) is 9.74. The molecule has 0 radical (unpaired) electrons. The van der Waals surface area contributed by atoms with E-state index in [1.807, 2.05) is 66.7 Å². The van der Waals surface area contributed by atoms with Crippen LogP contribution in [-0.2, 0) is 11.4 Å². The van der Waals surface area contributed by atoms with Crippen molar-refractivity contribution in [2.24, 2.45) is 0 Å². The normalized spacial score (nSPS) is 10.6. The average Bonchev–Trinajstić information content (AvgIpc) is 3.13. The molecule has 0 aliphatic heterocycles. The zero-order valence-electron chi connectivity index (χ0n) is 26.0. The number of carbonyl (C=O) groups is 3. The molecule has 6 aromatic carbocycles. The number of carboxylic acid groups (broad SMARTS) is 2. The van der Waals surface area contributed by atoms with Gasteiger partial charge in [0.2, 0.25) is 0 Å². The zero-order valence-corrected chi connectivity index (χ0v) is 26.0. The molecule has 0 saturated carbocycles. The summed E-state index contributed by atoms with van der Waals surface area (Å²) in [6, 6.07) is 42.6. The first-order chi connectivity index (χ1) is 23.8. The van der Waals surface area contributed by atoms with Crippen molar-refractivity contribution < 1.29 is 34.2 Å². The van der Waals surface area contributed by atoms with Gasteiger partial charge in [-0.1, -0.05) is 78.9 Å². The predicted molar refractivity (Wildman–Crippen MR) is 187 cm³/mol. The van der Waals surface area contributed by atoms with Crippen molar-refractivity contribution >= 4 is 29.2 Å². The molecule has 0 atom stereocenters. The van der Waals surface area contributed by atoms with Crippen molar-refractivity contribution in [1.29, 1.82) is 0 Å². The summed E-state index contributed by atoms with van der Waals surface area (Å²) in [5, 5.41) is 22.3. The van der Waals surface area contributed by atoms with Crippen molar-refractivity contribution in [1.82, 2.24) is 0 Å². The lowest BCUT2D eigenvalue weighted by molar-refractivity contribution is 0.0682. The van der Waals surface area contributed by atoms with Gasteiger partial charge in [-0.3, -0.25) is 15.1 Å². The van der Waals surface area contributed by atoms with E-state index in [2.05, 4.69) is 10.8 Å². The molecule has 0 unspecified atom stereocenters. The quantitative estimate of drug-likeness (QED) is 0.0965. The number of hydrogen-bond acceptors (Lipinski definition) is 6. The minimum Gasteiger partial charge on any atom is -0.478 e. The van der Waals surface area contributed by atoms with E-state index < -0.39 is 17.8 Å². The predicted octanol–water partition coefficient (Wildman–Crippen LogP) is 9.01. The SMILES string of the molecule is O=C(O)c1cc(-c2ccccc2)ccc1CONc1ccc(Oc2ccc(NC(=O)c3ccc(-c4ccccc4)cc3C(=O)O)cc2)cc1. The maximum absolute atomic E-state index is 13.0. The van der Waals surface area contributed by atoms with E-state index in [1.54, 1.807) is 66.7 Å². The molecule has 6 rings (SSSR count). The summed E-state index contributed by atoms with van der Waals surface area (Å²) in [5.41, 5.74) is 7.89. The minimum atomic E-state index is -1.19. The first-order valence-electron chi connectivity index (χ1n) is 15.3. The molecule has 0 fully saturated rings. The Morgan fingerprint density at radius 1 is 0.510 bits per heavy atom. The zero-order chi connectivity index (χ0) is 34.2. The van der Waals surface area contributed by atoms with Gasteiger partial charge in [0.25, 0.3) is 5.91 Å². The van der Waals surface area contributed by atoms with Gasteiger partial charge in [0.1, 0.15) is 18.1 Å². The molecule has 0 bridgehead atoms. The Balaban J connectivity index is 1.03. The van der Waals surface area contributed by atoms with Gasteiger partial charge in [-0.2, -0.15) is 0 Å². The summed E-state index contributed by atoms with van der Waals surface area (Å²) in [6.07, 6.45) is 0. The number of amides is 1. The van der Waals surface area contributed by atoms with Crippen molar-refractivity contribution in [2.45, 2.75) is 6.61 Å². The van der Waals surface area contributed by atoms with Crippen LogP contribution in [0.1, 0.15) is 36.6 Å². The van der Waals surface area contributed by atoms with Crippen molar-refractivity contribution in [2.75, 3.05) is 10.8 Å². The van der Waals surface area contributed by atoms with Crippen LogP contribution in [0.25, 0.3) is 22.3 Å². The lowest BCUT2D eigenvalue weighted by Gasteiger charge is -2.12. The summed E-state index contributed by atoms with van der Waals surface area (Å²) in [6.45, 7) is 0.0362. The molecule has 9 heteroatoms. The van der Waals surface area contributed by atoms with Gasteiger partial charge in [-0.25, -0.2) is 9.59 Å². The van der Waals surface area contributed by atoms with Crippen LogP contribution in [0.3, 0.4) is 0 Å². The Labute approximate surface area is 282 Å². The van der Waals surface area contributed by atoms with Gasteiger partial charge < -0.3 is 20.3 Å². The molecule has 0 aromatic heterocycles. The fraction of sp³-hybridized carbons (Fsp3) is 0.0250. The standard InChI is InChI=1S/C40H30N2O7/c43-38(35-22-13-29(24-37(35)40(46)47)27-9-5-2-6-10-27)41-31-14-18-33(19-15-31)49-34-20-16-32(17-21-34)42-48-25-30-12-11-28(23-36(30)39(44)45)26-7-3-1-4-8-26/h1-24,42H,25H2,(H,41,43)(H,44,45)(H,46,47). The maximum atomic E-state index is 13.0. The molecule has 242 valence electrons.